The van der Waals surface area contributed by atoms with E-state index < -0.39 is 5.25 Å². The van der Waals surface area contributed by atoms with E-state index in [0.717, 1.165) is 12.8 Å². The molecule has 0 aliphatic rings. The van der Waals surface area contributed by atoms with Crippen LogP contribution in [0.4, 0.5) is 0 Å². The maximum atomic E-state index is 12.3. The third-order valence-corrected chi connectivity index (χ3v) is 4.42. The average Bonchev–Trinajstić information content (AvgIpc) is 2.52. The number of para-hydroxylation sites is 1. The molecule has 1 atom stereocenters. The number of benzene rings is 1. The van der Waals surface area contributed by atoms with E-state index in [-0.39, 0.29) is 11.5 Å². The van der Waals surface area contributed by atoms with Gasteiger partial charge in [-0.1, -0.05) is 37.2 Å². The molecule has 0 amide bonds. The van der Waals surface area contributed by atoms with Gasteiger partial charge in [0.25, 0.3) is 5.56 Å². The van der Waals surface area contributed by atoms with Crippen LogP contribution in [0.25, 0.3) is 10.9 Å². The maximum Gasteiger partial charge on any atom is 0.319 e. The Bertz CT molecular complexity index is 727. The number of carbonyl (C=O) groups excluding carboxylic acids is 1. The van der Waals surface area contributed by atoms with Gasteiger partial charge in [0.05, 0.1) is 17.5 Å². The van der Waals surface area contributed by atoms with Crippen molar-refractivity contribution in [3.8, 4) is 0 Å². The number of unbranched alkanes of at least 4 members (excludes halogenated alkanes) is 1. The molecule has 6 heteroatoms. The highest BCUT2D eigenvalue weighted by molar-refractivity contribution is 8.00. The molecule has 2 rings (SSSR count). The van der Waals surface area contributed by atoms with Gasteiger partial charge < -0.3 is 4.74 Å². The van der Waals surface area contributed by atoms with Crippen LogP contribution in [0.2, 0.25) is 0 Å². The van der Waals surface area contributed by atoms with Gasteiger partial charge in [0, 0.05) is 7.05 Å². The molecule has 1 heterocycles. The standard InChI is InChI=1S/C16H20N2O3S/c1-4-5-10-21-15(20)11(2)22-16-17-13-9-7-6-8-12(13)14(19)18(16)3/h6-9,11H,4-5,10H2,1-3H3. The van der Waals surface area contributed by atoms with E-state index in [4.69, 9.17) is 4.74 Å². The number of rotatable bonds is 6. The van der Waals surface area contributed by atoms with Crippen LogP contribution in [-0.4, -0.2) is 27.4 Å². The van der Waals surface area contributed by atoms with Crippen molar-refractivity contribution in [1.29, 1.82) is 0 Å². The fourth-order valence-electron chi connectivity index (χ4n) is 1.94. The number of hydrogen-bond acceptors (Lipinski definition) is 5. The summed E-state index contributed by atoms with van der Waals surface area (Å²) in [6, 6.07) is 7.20. The summed E-state index contributed by atoms with van der Waals surface area (Å²) in [5.74, 6) is -0.277. The maximum absolute atomic E-state index is 12.3. The van der Waals surface area contributed by atoms with Crippen molar-refractivity contribution in [1.82, 2.24) is 9.55 Å². The van der Waals surface area contributed by atoms with Crippen LogP contribution < -0.4 is 5.56 Å². The Morgan fingerprint density at radius 1 is 1.41 bits per heavy atom. The first-order valence-electron chi connectivity index (χ1n) is 7.33. The Hall–Kier alpha value is -1.82. The van der Waals surface area contributed by atoms with E-state index in [1.54, 1.807) is 26.1 Å². The van der Waals surface area contributed by atoms with Crippen LogP contribution in [0.5, 0.6) is 0 Å². The molecule has 0 N–H and O–H groups in total. The highest BCUT2D eigenvalue weighted by Gasteiger charge is 2.19. The zero-order valence-electron chi connectivity index (χ0n) is 13.0. The zero-order chi connectivity index (χ0) is 16.1. The first-order chi connectivity index (χ1) is 10.5. The highest BCUT2D eigenvalue weighted by atomic mass is 32.2. The molecule has 1 unspecified atom stereocenters. The lowest BCUT2D eigenvalue weighted by molar-refractivity contribution is -0.142. The number of aromatic nitrogens is 2. The molecule has 2 aromatic rings. The summed E-state index contributed by atoms with van der Waals surface area (Å²) in [6.45, 7) is 4.24. The zero-order valence-corrected chi connectivity index (χ0v) is 13.9. The Balaban J connectivity index is 2.19. The fraction of sp³-hybridized carbons (Fsp3) is 0.438. The largest absolute Gasteiger partial charge is 0.465 e. The topological polar surface area (TPSA) is 61.2 Å². The lowest BCUT2D eigenvalue weighted by atomic mass is 10.2. The number of nitrogens with zero attached hydrogens (tertiary/aromatic N) is 2. The summed E-state index contributed by atoms with van der Waals surface area (Å²) < 4.78 is 6.67. The van der Waals surface area contributed by atoms with Crippen LogP contribution in [0, 0.1) is 0 Å². The Morgan fingerprint density at radius 3 is 2.86 bits per heavy atom. The normalized spacial score (nSPS) is 12.3. The van der Waals surface area contributed by atoms with Crippen molar-refractivity contribution in [3.05, 3.63) is 34.6 Å². The molecule has 0 spiro atoms. The predicted molar refractivity (Wildman–Crippen MR) is 88.2 cm³/mol. The molecule has 22 heavy (non-hydrogen) atoms. The lowest BCUT2D eigenvalue weighted by Gasteiger charge is -2.13. The van der Waals surface area contributed by atoms with Gasteiger partial charge in [0.15, 0.2) is 5.16 Å². The number of ether oxygens (including phenoxy) is 1. The van der Waals surface area contributed by atoms with E-state index in [2.05, 4.69) is 4.98 Å². The van der Waals surface area contributed by atoms with Crippen LogP contribution in [-0.2, 0) is 16.6 Å². The van der Waals surface area contributed by atoms with Gasteiger partial charge >= 0.3 is 5.97 Å². The SMILES string of the molecule is CCCCOC(=O)C(C)Sc1nc2ccccc2c(=O)n1C. The van der Waals surface area contributed by atoms with E-state index in [0.29, 0.717) is 22.7 Å². The Kier molecular flexibility index (Phi) is 5.60. The van der Waals surface area contributed by atoms with Crippen molar-refractivity contribution in [2.75, 3.05) is 6.61 Å². The molecule has 0 saturated heterocycles. The fourth-order valence-corrected chi connectivity index (χ4v) is 2.82. The third-order valence-electron chi connectivity index (χ3n) is 3.30. The quantitative estimate of drug-likeness (QED) is 0.354. The lowest BCUT2D eigenvalue weighted by Crippen LogP contribution is -2.23. The monoisotopic (exact) mass is 320 g/mol. The van der Waals surface area contributed by atoms with Crippen molar-refractivity contribution in [2.45, 2.75) is 37.1 Å². The molecule has 1 aromatic heterocycles. The molecule has 0 fully saturated rings. The van der Waals surface area contributed by atoms with Crippen LogP contribution in [0.1, 0.15) is 26.7 Å². The second-order valence-corrected chi connectivity index (χ2v) is 6.36. The Morgan fingerprint density at radius 2 is 2.14 bits per heavy atom. The average molecular weight is 320 g/mol. The van der Waals surface area contributed by atoms with Gasteiger partial charge in [-0.15, -0.1) is 0 Å². The Labute approximate surface area is 133 Å². The molecular weight excluding hydrogens is 300 g/mol. The summed E-state index contributed by atoms with van der Waals surface area (Å²) in [4.78, 5) is 28.7. The van der Waals surface area contributed by atoms with E-state index in [9.17, 15) is 9.59 Å². The number of thioether (sulfide) groups is 1. The van der Waals surface area contributed by atoms with Crippen LogP contribution in [0.3, 0.4) is 0 Å². The highest BCUT2D eigenvalue weighted by Crippen LogP contribution is 2.22. The minimum Gasteiger partial charge on any atom is -0.465 e. The molecule has 0 radical (unpaired) electrons. The van der Waals surface area contributed by atoms with E-state index >= 15 is 0 Å². The van der Waals surface area contributed by atoms with E-state index in [1.807, 2.05) is 19.1 Å². The molecule has 1 aromatic carbocycles. The van der Waals surface area contributed by atoms with Crippen molar-refractivity contribution >= 4 is 28.6 Å². The predicted octanol–water partition coefficient (Wildman–Crippen LogP) is 2.76. The second-order valence-electron chi connectivity index (χ2n) is 5.06. The molecule has 118 valence electrons. The van der Waals surface area contributed by atoms with Crippen molar-refractivity contribution in [2.24, 2.45) is 7.05 Å². The van der Waals surface area contributed by atoms with Crippen molar-refractivity contribution in [3.63, 3.8) is 0 Å². The third kappa shape index (κ3) is 3.68. The molecule has 0 aliphatic carbocycles. The molecule has 0 saturated carbocycles. The second kappa shape index (κ2) is 7.45. The van der Waals surface area contributed by atoms with Crippen molar-refractivity contribution < 1.29 is 9.53 Å². The molecular formula is C16H20N2O3S. The minimum atomic E-state index is -0.406. The first-order valence-corrected chi connectivity index (χ1v) is 8.21. The smallest absolute Gasteiger partial charge is 0.319 e. The van der Waals surface area contributed by atoms with Gasteiger partial charge in [-0.3, -0.25) is 14.2 Å². The summed E-state index contributed by atoms with van der Waals surface area (Å²) >= 11 is 1.24. The van der Waals surface area contributed by atoms with Gasteiger partial charge in [-0.25, -0.2) is 4.98 Å². The number of esters is 1. The van der Waals surface area contributed by atoms with Gasteiger partial charge in [-0.05, 0) is 25.5 Å². The summed E-state index contributed by atoms with van der Waals surface area (Å²) in [5, 5.41) is 0.687. The van der Waals surface area contributed by atoms with Gasteiger partial charge in [-0.2, -0.15) is 0 Å². The van der Waals surface area contributed by atoms with Gasteiger partial charge in [0.2, 0.25) is 0 Å². The number of carbonyl (C=O) groups is 1. The molecule has 0 aliphatic heterocycles. The summed E-state index contributed by atoms with van der Waals surface area (Å²) in [6.07, 6.45) is 1.84. The number of fused-ring (bicyclic) bond motifs is 1. The molecule has 5 nitrogen and oxygen atoms in total. The van der Waals surface area contributed by atoms with E-state index in [1.165, 1.54) is 16.3 Å². The van der Waals surface area contributed by atoms with Gasteiger partial charge in [0.1, 0.15) is 5.25 Å². The molecule has 0 bridgehead atoms. The summed E-state index contributed by atoms with van der Waals surface area (Å²) in [5.41, 5.74) is 0.527. The minimum absolute atomic E-state index is 0.111. The van der Waals surface area contributed by atoms with Crippen LogP contribution in [0.15, 0.2) is 34.2 Å². The van der Waals surface area contributed by atoms with Crippen LogP contribution >= 0.6 is 11.8 Å². The first kappa shape index (κ1) is 16.5. The number of hydrogen-bond donors (Lipinski definition) is 0. The summed E-state index contributed by atoms with van der Waals surface area (Å²) in [7, 11) is 1.67.